The Morgan fingerprint density at radius 3 is 2.00 bits per heavy atom. The van der Waals surface area contributed by atoms with E-state index >= 15 is 0 Å². The normalized spacial score (nSPS) is 12.2. The van der Waals surface area contributed by atoms with E-state index in [2.05, 4.69) is 4.74 Å². The predicted octanol–water partition coefficient (Wildman–Crippen LogP) is 2.07. The molecule has 1 unspecified atom stereocenters. The van der Waals surface area contributed by atoms with Gasteiger partial charge < -0.3 is 0 Å². The quantitative estimate of drug-likeness (QED) is 0.423. The summed E-state index contributed by atoms with van der Waals surface area (Å²) in [4.78, 5) is 0. The molecule has 0 heterocycles. The van der Waals surface area contributed by atoms with E-state index in [1.54, 1.807) is 7.05 Å². The SMILES string of the molecule is CN=[P+](C)Cl. The summed E-state index contributed by atoms with van der Waals surface area (Å²) in [7, 11) is 1.22. The average molecular weight is 111 g/mol. The molecular formula is C2H6ClNP+. The van der Waals surface area contributed by atoms with Gasteiger partial charge in [0.25, 0.3) is 0 Å². The molecule has 0 aromatic carbocycles. The van der Waals surface area contributed by atoms with Crippen molar-refractivity contribution in [1.29, 1.82) is 0 Å². The highest BCUT2D eigenvalue weighted by atomic mass is 35.7. The average Bonchev–Trinajstić information content (AvgIpc) is 1.38. The Bertz CT molecular complexity index is 47.6. The lowest BCUT2D eigenvalue weighted by Crippen LogP contribution is -1.33. The topological polar surface area (TPSA) is 12.4 Å². The van der Waals surface area contributed by atoms with Crippen LogP contribution in [0.3, 0.4) is 0 Å². The van der Waals surface area contributed by atoms with E-state index in [1.165, 1.54) is 0 Å². The molecule has 0 N–H and O–H groups in total. The fraction of sp³-hybridized carbons (Fsp3) is 1.00. The summed E-state index contributed by atoms with van der Waals surface area (Å²) < 4.78 is 3.72. The molecule has 0 aromatic heterocycles. The molecule has 0 amide bonds. The number of hydrogen-bond acceptors (Lipinski definition) is 1. The maximum absolute atomic E-state index is 5.36. The molecule has 0 saturated carbocycles. The Hall–Kier alpha value is 0.390. The van der Waals surface area contributed by atoms with Crippen molar-refractivity contribution in [2.24, 2.45) is 4.74 Å². The fourth-order valence-electron chi connectivity index (χ4n) is 0. The van der Waals surface area contributed by atoms with Gasteiger partial charge in [0.2, 0.25) is 0 Å². The van der Waals surface area contributed by atoms with Gasteiger partial charge in [0.05, 0.1) is 7.05 Å². The number of halogens is 1. The second-order valence-corrected chi connectivity index (χ2v) is 3.40. The van der Waals surface area contributed by atoms with Crippen LogP contribution < -0.4 is 0 Å². The second-order valence-electron chi connectivity index (χ2n) is 0.645. The Balaban J connectivity index is 3.14. The molecule has 0 fully saturated rings. The van der Waals surface area contributed by atoms with E-state index < -0.39 is 7.07 Å². The van der Waals surface area contributed by atoms with Gasteiger partial charge in [-0.2, -0.15) is 0 Å². The highest BCUT2D eigenvalue weighted by Crippen LogP contribution is 2.23. The highest BCUT2D eigenvalue weighted by molar-refractivity contribution is 7.75. The van der Waals surface area contributed by atoms with Crippen LogP contribution in [0.25, 0.3) is 0 Å². The van der Waals surface area contributed by atoms with Crippen LogP contribution in [0.15, 0.2) is 4.74 Å². The van der Waals surface area contributed by atoms with Gasteiger partial charge in [-0.3, -0.25) is 0 Å². The summed E-state index contributed by atoms with van der Waals surface area (Å²) in [5.41, 5.74) is 0. The van der Waals surface area contributed by atoms with Gasteiger partial charge in [0.15, 0.2) is 11.2 Å². The highest BCUT2D eigenvalue weighted by Gasteiger charge is 1.85. The summed E-state index contributed by atoms with van der Waals surface area (Å²) in [6, 6.07) is 0. The van der Waals surface area contributed by atoms with Crippen molar-refractivity contribution >= 4 is 18.3 Å². The molecule has 0 rings (SSSR count). The van der Waals surface area contributed by atoms with Crippen molar-refractivity contribution in [2.45, 2.75) is 0 Å². The van der Waals surface area contributed by atoms with E-state index in [0.717, 1.165) is 0 Å². The lowest BCUT2D eigenvalue weighted by atomic mass is 11.6. The van der Waals surface area contributed by atoms with Gasteiger partial charge in [0.1, 0.15) is 6.66 Å². The first-order valence-electron chi connectivity index (χ1n) is 1.26. The van der Waals surface area contributed by atoms with Crippen LogP contribution in [-0.2, 0) is 0 Å². The van der Waals surface area contributed by atoms with E-state index in [4.69, 9.17) is 11.2 Å². The smallest absolute Gasteiger partial charge is 0.0957 e. The fourth-order valence-corrected chi connectivity index (χ4v) is 0. The zero-order chi connectivity index (χ0) is 4.28. The largest absolute Gasteiger partial charge is 0.312 e. The van der Waals surface area contributed by atoms with Crippen LogP contribution in [-0.4, -0.2) is 13.7 Å². The van der Waals surface area contributed by atoms with Crippen LogP contribution >= 0.6 is 18.3 Å². The lowest BCUT2D eigenvalue weighted by molar-refractivity contribution is 1.51. The maximum Gasteiger partial charge on any atom is 0.312 e. The van der Waals surface area contributed by atoms with Crippen molar-refractivity contribution in [2.75, 3.05) is 13.7 Å². The van der Waals surface area contributed by atoms with E-state index in [9.17, 15) is 0 Å². The van der Waals surface area contributed by atoms with E-state index in [-0.39, 0.29) is 0 Å². The predicted molar refractivity (Wildman–Crippen MR) is 27.0 cm³/mol. The van der Waals surface area contributed by atoms with Crippen molar-refractivity contribution in [3.05, 3.63) is 0 Å². The van der Waals surface area contributed by atoms with Crippen molar-refractivity contribution in [1.82, 2.24) is 0 Å². The van der Waals surface area contributed by atoms with Crippen LogP contribution in [0.4, 0.5) is 0 Å². The van der Waals surface area contributed by atoms with Crippen molar-refractivity contribution in [3.63, 3.8) is 0 Å². The number of rotatable bonds is 0. The van der Waals surface area contributed by atoms with Gasteiger partial charge in [-0.15, -0.1) is 0 Å². The molecule has 0 aliphatic rings. The first-order chi connectivity index (χ1) is 2.27. The van der Waals surface area contributed by atoms with Crippen LogP contribution in [0.2, 0.25) is 0 Å². The molecule has 1 nitrogen and oxygen atoms in total. The Morgan fingerprint density at radius 2 is 2.00 bits per heavy atom. The molecule has 30 valence electrons. The third kappa shape index (κ3) is 4.39. The summed E-state index contributed by atoms with van der Waals surface area (Å²) in [6.45, 7) is 1.89. The standard InChI is InChI=1S/C2H6ClNP/c1-4-5(2)3/h1-2H3/q+1. The molecule has 3 heteroatoms. The Labute approximate surface area is 37.6 Å². The van der Waals surface area contributed by atoms with Gasteiger partial charge in [-0.1, -0.05) is 4.74 Å². The summed E-state index contributed by atoms with van der Waals surface area (Å²) >= 11 is 5.36. The first kappa shape index (κ1) is 5.39. The second kappa shape index (κ2) is 2.62. The van der Waals surface area contributed by atoms with E-state index in [1.807, 2.05) is 6.66 Å². The summed E-state index contributed by atoms with van der Waals surface area (Å²) in [5.74, 6) is 0. The Kier molecular flexibility index (Phi) is 2.82. The lowest BCUT2D eigenvalue weighted by Gasteiger charge is -1.51. The summed E-state index contributed by atoms with van der Waals surface area (Å²) in [6.07, 6.45) is 0. The van der Waals surface area contributed by atoms with Gasteiger partial charge in [0, 0.05) is 0 Å². The number of hydrogen-bond donors (Lipinski definition) is 0. The maximum atomic E-state index is 5.36. The zero-order valence-corrected chi connectivity index (χ0v) is 4.92. The molecular weight excluding hydrogens is 104 g/mol. The van der Waals surface area contributed by atoms with Crippen molar-refractivity contribution < 1.29 is 0 Å². The van der Waals surface area contributed by atoms with Crippen molar-refractivity contribution in [3.8, 4) is 0 Å². The third-order valence-corrected chi connectivity index (χ3v) is 1.28. The molecule has 0 bridgehead atoms. The number of nitrogens with zero attached hydrogens (tertiary/aromatic N) is 1. The van der Waals surface area contributed by atoms with Crippen LogP contribution in [0.1, 0.15) is 0 Å². The zero-order valence-electron chi connectivity index (χ0n) is 3.27. The molecule has 0 spiro atoms. The molecule has 1 atom stereocenters. The molecule has 0 aromatic rings. The van der Waals surface area contributed by atoms with Crippen LogP contribution in [0.5, 0.6) is 0 Å². The molecule has 0 aliphatic heterocycles. The summed E-state index contributed by atoms with van der Waals surface area (Å²) in [5, 5.41) is 0. The first-order valence-corrected chi connectivity index (χ1v) is 3.91. The molecule has 0 saturated heterocycles. The minimum Gasteiger partial charge on any atom is -0.0957 e. The van der Waals surface area contributed by atoms with Crippen LogP contribution in [0, 0.1) is 0 Å². The molecule has 5 heavy (non-hydrogen) atoms. The van der Waals surface area contributed by atoms with E-state index in [0.29, 0.717) is 0 Å². The minimum atomic E-state index is -0.501. The monoisotopic (exact) mass is 110 g/mol. The van der Waals surface area contributed by atoms with Gasteiger partial charge in [-0.25, -0.2) is 0 Å². The van der Waals surface area contributed by atoms with Gasteiger partial charge >= 0.3 is 7.07 Å². The van der Waals surface area contributed by atoms with Gasteiger partial charge in [-0.05, 0) is 0 Å². The molecule has 0 aliphatic carbocycles. The Morgan fingerprint density at radius 1 is 1.80 bits per heavy atom. The third-order valence-electron chi connectivity index (χ3n) is 0.276. The molecule has 0 radical (unpaired) electrons. The minimum absolute atomic E-state index is 0.501.